The third kappa shape index (κ3) is 8.66. The Kier molecular flexibility index (Phi) is 9.41. The van der Waals surface area contributed by atoms with E-state index in [1.165, 1.54) is 50.9 Å². The van der Waals surface area contributed by atoms with Crippen molar-refractivity contribution in [3.63, 3.8) is 0 Å². The SMILES string of the molecule is CC(C)(O)O.COCCNc1nc(C(F)(F)F)ccc1-c1cc(Nc2cccc3c2CCCC3)ncn1. The summed E-state index contributed by atoms with van der Waals surface area (Å²) in [5.74, 6) is -0.838. The third-order valence-corrected chi connectivity index (χ3v) is 5.39. The molecule has 1 aliphatic carbocycles. The van der Waals surface area contributed by atoms with Crippen molar-refractivity contribution < 1.29 is 28.1 Å². The number of hydrogen-bond donors (Lipinski definition) is 4. The maximum absolute atomic E-state index is 13.2. The second-order valence-electron chi connectivity index (χ2n) is 9.07. The smallest absolute Gasteiger partial charge is 0.383 e. The summed E-state index contributed by atoms with van der Waals surface area (Å²) in [6, 6.07) is 10.2. The van der Waals surface area contributed by atoms with Crippen molar-refractivity contribution in [1.82, 2.24) is 15.0 Å². The van der Waals surface area contributed by atoms with Gasteiger partial charge in [-0.05, 0) is 68.9 Å². The molecule has 8 nitrogen and oxygen atoms in total. The van der Waals surface area contributed by atoms with Gasteiger partial charge in [0, 0.05) is 31.0 Å². The number of aryl methyl sites for hydroxylation is 1. The molecule has 0 unspecified atom stereocenters. The number of aromatic nitrogens is 3. The normalized spacial score (nSPS) is 13.3. The Morgan fingerprint density at radius 2 is 1.76 bits per heavy atom. The van der Waals surface area contributed by atoms with Crippen LogP contribution in [0.25, 0.3) is 11.3 Å². The molecule has 0 radical (unpaired) electrons. The monoisotopic (exact) mass is 519 g/mol. The van der Waals surface area contributed by atoms with Gasteiger partial charge in [0.1, 0.15) is 23.7 Å². The average Bonchev–Trinajstić information content (AvgIpc) is 2.83. The van der Waals surface area contributed by atoms with E-state index < -0.39 is 17.7 Å². The molecule has 0 amide bonds. The molecule has 37 heavy (non-hydrogen) atoms. The van der Waals surface area contributed by atoms with Crippen LogP contribution in [-0.4, -0.2) is 51.2 Å². The topological polar surface area (TPSA) is 112 Å². The number of aliphatic hydroxyl groups is 2. The maximum atomic E-state index is 13.2. The summed E-state index contributed by atoms with van der Waals surface area (Å²) in [4.78, 5) is 12.4. The molecule has 4 N–H and O–H groups in total. The average molecular weight is 520 g/mol. The lowest BCUT2D eigenvalue weighted by atomic mass is 9.90. The van der Waals surface area contributed by atoms with Crippen molar-refractivity contribution in [2.24, 2.45) is 0 Å². The van der Waals surface area contributed by atoms with Gasteiger partial charge in [0.25, 0.3) is 0 Å². The highest BCUT2D eigenvalue weighted by Crippen LogP contribution is 2.34. The lowest BCUT2D eigenvalue weighted by molar-refractivity contribution is -0.141. The minimum atomic E-state index is -4.54. The third-order valence-electron chi connectivity index (χ3n) is 5.39. The minimum absolute atomic E-state index is 0.0959. The van der Waals surface area contributed by atoms with E-state index >= 15 is 0 Å². The first-order chi connectivity index (χ1) is 17.5. The summed E-state index contributed by atoms with van der Waals surface area (Å²) >= 11 is 0. The summed E-state index contributed by atoms with van der Waals surface area (Å²) < 4.78 is 44.5. The molecule has 11 heteroatoms. The molecular formula is C26H32F3N5O3. The molecule has 2 aromatic heterocycles. The first-order valence-electron chi connectivity index (χ1n) is 11.9. The van der Waals surface area contributed by atoms with Gasteiger partial charge in [0.2, 0.25) is 0 Å². The summed E-state index contributed by atoms with van der Waals surface area (Å²) in [7, 11) is 1.52. The van der Waals surface area contributed by atoms with Crippen LogP contribution in [0.2, 0.25) is 0 Å². The zero-order valence-electron chi connectivity index (χ0n) is 21.1. The molecule has 0 bridgehead atoms. The number of anilines is 3. The van der Waals surface area contributed by atoms with E-state index in [1.54, 1.807) is 6.07 Å². The maximum Gasteiger partial charge on any atom is 0.433 e. The zero-order chi connectivity index (χ0) is 27.1. The Labute approximate surface area is 214 Å². The number of methoxy groups -OCH3 is 1. The van der Waals surface area contributed by atoms with Gasteiger partial charge in [-0.1, -0.05) is 12.1 Å². The van der Waals surface area contributed by atoms with Crippen molar-refractivity contribution in [3.8, 4) is 11.3 Å². The van der Waals surface area contributed by atoms with Crippen molar-refractivity contribution in [3.05, 3.63) is 59.5 Å². The molecule has 0 aliphatic heterocycles. The highest BCUT2D eigenvalue weighted by molar-refractivity contribution is 5.75. The van der Waals surface area contributed by atoms with Crippen LogP contribution >= 0.6 is 0 Å². The molecule has 0 spiro atoms. The van der Waals surface area contributed by atoms with Gasteiger partial charge < -0.3 is 25.6 Å². The number of benzene rings is 1. The van der Waals surface area contributed by atoms with Crippen LogP contribution < -0.4 is 10.6 Å². The summed E-state index contributed by atoms with van der Waals surface area (Å²) in [5.41, 5.74) is 3.58. The molecule has 200 valence electrons. The molecule has 0 fully saturated rings. The molecule has 2 heterocycles. The van der Waals surface area contributed by atoms with E-state index in [9.17, 15) is 13.2 Å². The number of nitrogens with one attached hydrogen (secondary N) is 2. The van der Waals surface area contributed by atoms with Crippen LogP contribution in [0.5, 0.6) is 0 Å². The van der Waals surface area contributed by atoms with Crippen molar-refractivity contribution in [2.75, 3.05) is 30.9 Å². The lowest BCUT2D eigenvalue weighted by Gasteiger charge is -2.20. The van der Waals surface area contributed by atoms with Crippen LogP contribution in [0.1, 0.15) is 43.5 Å². The first-order valence-corrected chi connectivity index (χ1v) is 11.9. The molecule has 3 aromatic rings. The molecule has 1 aromatic carbocycles. The van der Waals surface area contributed by atoms with E-state index in [1.807, 2.05) is 12.1 Å². The lowest BCUT2D eigenvalue weighted by Crippen LogP contribution is -2.15. The molecule has 0 saturated heterocycles. The van der Waals surface area contributed by atoms with E-state index in [0.717, 1.165) is 31.0 Å². The molecule has 4 rings (SSSR count). The minimum Gasteiger partial charge on any atom is -0.383 e. The van der Waals surface area contributed by atoms with E-state index in [-0.39, 0.29) is 5.82 Å². The Bertz CT molecular complexity index is 1180. The van der Waals surface area contributed by atoms with Crippen LogP contribution in [-0.2, 0) is 23.8 Å². The Hall–Kier alpha value is -3.28. The van der Waals surface area contributed by atoms with Crippen LogP contribution in [0.4, 0.5) is 30.5 Å². The van der Waals surface area contributed by atoms with Gasteiger partial charge in [-0.25, -0.2) is 15.0 Å². The summed E-state index contributed by atoms with van der Waals surface area (Å²) in [5, 5.41) is 22.4. The quantitative estimate of drug-likeness (QED) is 0.256. The van der Waals surface area contributed by atoms with Gasteiger partial charge >= 0.3 is 6.18 Å². The fourth-order valence-corrected chi connectivity index (χ4v) is 3.84. The van der Waals surface area contributed by atoms with E-state index in [4.69, 9.17) is 14.9 Å². The van der Waals surface area contributed by atoms with Gasteiger partial charge in [0.15, 0.2) is 5.79 Å². The number of halogens is 3. The Morgan fingerprint density at radius 3 is 2.46 bits per heavy atom. The fourth-order valence-electron chi connectivity index (χ4n) is 3.84. The van der Waals surface area contributed by atoms with Gasteiger partial charge in [0.05, 0.1) is 12.3 Å². The number of ether oxygens (including phenoxy) is 1. The predicted molar refractivity (Wildman–Crippen MR) is 136 cm³/mol. The number of fused-ring (bicyclic) bond motifs is 1. The summed E-state index contributed by atoms with van der Waals surface area (Å²) in [6.07, 6.45) is 1.26. The number of alkyl halides is 3. The van der Waals surface area contributed by atoms with Crippen LogP contribution in [0.15, 0.2) is 42.7 Å². The van der Waals surface area contributed by atoms with Gasteiger partial charge in [-0.2, -0.15) is 13.2 Å². The number of rotatable bonds is 7. The number of hydrogen-bond acceptors (Lipinski definition) is 8. The fraction of sp³-hybridized carbons (Fsp3) is 0.423. The van der Waals surface area contributed by atoms with Crippen LogP contribution in [0.3, 0.4) is 0 Å². The number of pyridine rings is 1. The number of nitrogens with zero attached hydrogens (tertiary/aromatic N) is 3. The van der Waals surface area contributed by atoms with E-state index in [0.29, 0.717) is 30.2 Å². The standard InChI is InChI=1S/C23H24F3N5O.C3H8O2/c1-32-12-11-27-22-17(9-10-20(31-22)23(24,25)26)19-13-21(29-14-28-19)30-18-8-4-6-15-5-2-3-7-16(15)18;1-3(2,4)5/h4,6,8-10,13-14H,2-3,5,7,11-12H2,1H3,(H,27,31)(H,28,29,30);4-5H,1-2H3. The van der Waals surface area contributed by atoms with Gasteiger partial charge in [-0.3, -0.25) is 0 Å². The second-order valence-corrected chi connectivity index (χ2v) is 9.07. The first kappa shape index (κ1) is 28.3. The summed E-state index contributed by atoms with van der Waals surface area (Å²) in [6.45, 7) is 3.23. The van der Waals surface area contributed by atoms with Gasteiger partial charge in [-0.15, -0.1) is 0 Å². The second kappa shape index (κ2) is 12.3. The Morgan fingerprint density at radius 1 is 1.03 bits per heavy atom. The molecule has 1 aliphatic rings. The largest absolute Gasteiger partial charge is 0.433 e. The highest BCUT2D eigenvalue weighted by Gasteiger charge is 2.33. The van der Waals surface area contributed by atoms with Crippen molar-refractivity contribution in [1.29, 1.82) is 0 Å². The predicted octanol–water partition coefficient (Wildman–Crippen LogP) is 4.95. The highest BCUT2D eigenvalue weighted by atomic mass is 19.4. The Balaban J connectivity index is 0.000000695. The zero-order valence-corrected chi connectivity index (χ0v) is 21.1. The molecule has 0 atom stereocenters. The van der Waals surface area contributed by atoms with Crippen molar-refractivity contribution >= 4 is 17.3 Å². The van der Waals surface area contributed by atoms with E-state index in [2.05, 4.69) is 31.7 Å². The van der Waals surface area contributed by atoms with Crippen molar-refractivity contribution in [2.45, 2.75) is 51.5 Å². The molecule has 0 saturated carbocycles. The van der Waals surface area contributed by atoms with Crippen LogP contribution in [0, 0.1) is 0 Å². The molecular weight excluding hydrogens is 487 g/mol.